The van der Waals surface area contributed by atoms with E-state index in [0.717, 1.165) is 6.42 Å². The van der Waals surface area contributed by atoms with Crippen LogP contribution in [0.3, 0.4) is 0 Å². The molecule has 6 nitrogen and oxygen atoms in total. The van der Waals surface area contributed by atoms with Gasteiger partial charge in [0, 0.05) is 12.5 Å². The van der Waals surface area contributed by atoms with Crippen LogP contribution < -0.4 is 0 Å². The van der Waals surface area contributed by atoms with Crippen molar-refractivity contribution < 1.29 is 24.3 Å². The summed E-state index contributed by atoms with van der Waals surface area (Å²) in [5.74, 6) is -1.55. The molecule has 3 rings (SSSR count). The van der Waals surface area contributed by atoms with Gasteiger partial charge in [0.2, 0.25) is 0 Å². The SMILES string of the molecule is COC(=O)[C@H]1[C@@H](OC(=O)c2ccccc2)C[C@@H]2CC[C@H]1N2O. The van der Waals surface area contributed by atoms with Crippen molar-refractivity contribution in [3.8, 4) is 0 Å². The van der Waals surface area contributed by atoms with Gasteiger partial charge in [-0.25, -0.2) is 4.79 Å². The van der Waals surface area contributed by atoms with E-state index < -0.39 is 24.0 Å². The van der Waals surface area contributed by atoms with Gasteiger partial charge in [0.05, 0.1) is 18.7 Å². The van der Waals surface area contributed by atoms with E-state index >= 15 is 0 Å². The predicted octanol–water partition coefficient (Wildman–Crippen LogP) is 1.63. The van der Waals surface area contributed by atoms with Crippen molar-refractivity contribution in [3.63, 3.8) is 0 Å². The van der Waals surface area contributed by atoms with Crippen molar-refractivity contribution in [1.29, 1.82) is 0 Å². The number of benzene rings is 1. The molecule has 0 unspecified atom stereocenters. The third-order valence-corrected chi connectivity index (χ3v) is 4.57. The summed E-state index contributed by atoms with van der Waals surface area (Å²) in [5.41, 5.74) is 0.449. The fourth-order valence-corrected chi connectivity index (χ4v) is 3.48. The van der Waals surface area contributed by atoms with E-state index in [1.807, 2.05) is 6.07 Å². The smallest absolute Gasteiger partial charge is 0.338 e. The maximum atomic E-state index is 12.2. The molecule has 6 heteroatoms. The second-order valence-corrected chi connectivity index (χ2v) is 5.77. The molecule has 0 saturated carbocycles. The van der Waals surface area contributed by atoms with Crippen molar-refractivity contribution in [3.05, 3.63) is 35.9 Å². The van der Waals surface area contributed by atoms with Crippen LogP contribution in [0.15, 0.2) is 30.3 Å². The summed E-state index contributed by atoms with van der Waals surface area (Å²) in [6, 6.07) is 8.26. The molecule has 118 valence electrons. The standard InChI is InChI=1S/C16H19NO5/c1-21-16(19)14-12-8-7-11(17(12)20)9-13(14)22-15(18)10-5-3-2-4-6-10/h2-6,11-14,20H,7-9H2,1H3/t11-,12+,13-,14+/m0/s1. The molecule has 2 aliphatic rings. The normalized spacial score (nSPS) is 30.8. The molecular weight excluding hydrogens is 286 g/mol. The van der Waals surface area contributed by atoms with Crippen molar-refractivity contribution in [2.24, 2.45) is 5.92 Å². The first-order chi connectivity index (χ1) is 10.6. The summed E-state index contributed by atoms with van der Waals surface area (Å²) >= 11 is 0. The number of hydrogen-bond donors (Lipinski definition) is 1. The molecule has 22 heavy (non-hydrogen) atoms. The Kier molecular flexibility index (Phi) is 4.13. The van der Waals surface area contributed by atoms with Crippen LogP contribution in [-0.4, -0.2) is 47.5 Å². The molecule has 1 aromatic rings. The number of nitrogens with zero attached hydrogens (tertiary/aromatic N) is 1. The van der Waals surface area contributed by atoms with E-state index in [-0.39, 0.29) is 12.1 Å². The Morgan fingerprint density at radius 1 is 1.23 bits per heavy atom. The molecule has 4 atom stereocenters. The molecule has 0 amide bonds. The van der Waals surface area contributed by atoms with E-state index in [2.05, 4.69) is 0 Å². The summed E-state index contributed by atoms with van der Waals surface area (Å²) in [5, 5.41) is 11.3. The fraction of sp³-hybridized carbons (Fsp3) is 0.500. The van der Waals surface area contributed by atoms with Crippen molar-refractivity contribution in [2.45, 2.75) is 37.5 Å². The van der Waals surface area contributed by atoms with Crippen LogP contribution in [0.1, 0.15) is 29.6 Å². The van der Waals surface area contributed by atoms with E-state index in [1.165, 1.54) is 12.2 Å². The van der Waals surface area contributed by atoms with Crippen LogP contribution in [-0.2, 0) is 14.3 Å². The number of carbonyl (C=O) groups is 2. The maximum absolute atomic E-state index is 12.2. The molecule has 2 heterocycles. The molecule has 2 aliphatic heterocycles. The Labute approximate surface area is 128 Å². The first-order valence-electron chi connectivity index (χ1n) is 7.43. The van der Waals surface area contributed by atoms with Crippen LogP contribution in [0.2, 0.25) is 0 Å². The highest BCUT2D eigenvalue weighted by molar-refractivity contribution is 5.89. The second-order valence-electron chi connectivity index (χ2n) is 5.77. The number of hydrogen-bond acceptors (Lipinski definition) is 6. The molecule has 0 spiro atoms. The number of rotatable bonds is 3. The van der Waals surface area contributed by atoms with E-state index in [9.17, 15) is 14.8 Å². The lowest BCUT2D eigenvalue weighted by atomic mass is 9.88. The molecule has 1 N–H and O–H groups in total. The highest BCUT2D eigenvalue weighted by Gasteiger charge is 2.52. The van der Waals surface area contributed by atoms with Crippen LogP contribution in [0.5, 0.6) is 0 Å². The Balaban J connectivity index is 1.79. The molecule has 0 radical (unpaired) electrons. The first-order valence-corrected chi connectivity index (χ1v) is 7.43. The Bertz CT molecular complexity index is 561. The molecule has 2 fully saturated rings. The number of methoxy groups -OCH3 is 1. The third-order valence-electron chi connectivity index (χ3n) is 4.57. The molecule has 2 saturated heterocycles. The Morgan fingerprint density at radius 2 is 1.95 bits per heavy atom. The minimum Gasteiger partial charge on any atom is -0.469 e. The van der Waals surface area contributed by atoms with Gasteiger partial charge >= 0.3 is 11.9 Å². The lowest BCUT2D eigenvalue weighted by Gasteiger charge is -2.39. The number of esters is 2. The topological polar surface area (TPSA) is 76.1 Å². The number of piperidine rings is 1. The van der Waals surface area contributed by atoms with E-state index in [1.54, 1.807) is 24.3 Å². The quantitative estimate of drug-likeness (QED) is 0.855. The fourth-order valence-electron chi connectivity index (χ4n) is 3.48. The molecule has 0 aromatic heterocycles. The minimum absolute atomic E-state index is 0.0699. The van der Waals surface area contributed by atoms with Gasteiger partial charge in [-0.1, -0.05) is 18.2 Å². The van der Waals surface area contributed by atoms with Gasteiger partial charge in [0.15, 0.2) is 0 Å². The maximum Gasteiger partial charge on any atom is 0.338 e. The van der Waals surface area contributed by atoms with Crippen molar-refractivity contribution in [2.75, 3.05) is 7.11 Å². The van der Waals surface area contributed by atoms with E-state index in [4.69, 9.17) is 9.47 Å². The van der Waals surface area contributed by atoms with Gasteiger partial charge < -0.3 is 14.7 Å². The predicted molar refractivity (Wildman–Crippen MR) is 76.2 cm³/mol. The summed E-state index contributed by atoms with van der Waals surface area (Å²) in [6.45, 7) is 0. The Morgan fingerprint density at radius 3 is 2.64 bits per heavy atom. The average molecular weight is 305 g/mol. The lowest BCUT2D eigenvalue weighted by Crippen LogP contribution is -2.53. The molecule has 2 bridgehead atoms. The zero-order valence-electron chi connectivity index (χ0n) is 12.3. The largest absolute Gasteiger partial charge is 0.469 e. The van der Waals surface area contributed by atoms with Crippen LogP contribution in [0.4, 0.5) is 0 Å². The highest BCUT2D eigenvalue weighted by atomic mass is 16.6. The summed E-state index contributed by atoms with van der Waals surface area (Å²) < 4.78 is 10.4. The Hall–Kier alpha value is -1.92. The van der Waals surface area contributed by atoms with Crippen molar-refractivity contribution in [1.82, 2.24) is 5.06 Å². The third kappa shape index (κ3) is 2.60. The molecule has 1 aromatic carbocycles. The lowest BCUT2D eigenvalue weighted by molar-refractivity contribution is -0.200. The van der Waals surface area contributed by atoms with Gasteiger partial charge in [-0.05, 0) is 25.0 Å². The number of carbonyl (C=O) groups excluding carboxylic acids is 2. The van der Waals surface area contributed by atoms with Crippen LogP contribution >= 0.6 is 0 Å². The summed E-state index contributed by atoms with van der Waals surface area (Å²) in [7, 11) is 1.31. The monoisotopic (exact) mass is 305 g/mol. The van der Waals surface area contributed by atoms with Gasteiger partial charge in [-0.15, -0.1) is 0 Å². The zero-order chi connectivity index (χ0) is 15.7. The minimum atomic E-state index is -0.651. The van der Waals surface area contributed by atoms with Gasteiger partial charge in [0.1, 0.15) is 12.0 Å². The van der Waals surface area contributed by atoms with Gasteiger partial charge in [0.25, 0.3) is 0 Å². The number of ether oxygens (including phenoxy) is 2. The highest BCUT2D eigenvalue weighted by Crippen LogP contribution is 2.40. The van der Waals surface area contributed by atoms with Gasteiger partial charge in [-0.2, -0.15) is 5.06 Å². The summed E-state index contributed by atoms with van der Waals surface area (Å²) in [4.78, 5) is 24.3. The number of hydroxylamine groups is 2. The first kappa shape index (κ1) is 15.0. The van der Waals surface area contributed by atoms with Crippen molar-refractivity contribution >= 4 is 11.9 Å². The average Bonchev–Trinajstić information content (AvgIpc) is 2.78. The number of fused-ring (bicyclic) bond motifs is 2. The van der Waals surface area contributed by atoms with E-state index in [0.29, 0.717) is 18.4 Å². The van der Waals surface area contributed by atoms with Gasteiger partial charge in [-0.3, -0.25) is 4.79 Å². The zero-order valence-corrected chi connectivity index (χ0v) is 12.3. The molecular formula is C16H19NO5. The van der Waals surface area contributed by atoms with Crippen LogP contribution in [0, 0.1) is 5.92 Å². The molecule has 0 aliphatic carbocycles. The summed E-state index contributed by atoms with van der Waals surface area (Å²) in [6.07, 6.45) is 1.35. The van der Waals surface area contributed by atoms with Crippen LogP contribution in [0.25, 0.3) is 0 Å². The second kappa shape index (κ2) is 6.06.